The fourth-order valence-corrected chi connectivity index (χ4v) is 1.06. The summed E-state index contributed by atoms with van der Waals surface area (Å²) in [5.41, 5.74) is -0.515. The first-order chi connectivity index (χ1) is 5.55. The molecule has 0 aliphatic carbocycles. The molecule has 6 heteroatoms. The Morgan fingerprint density at radius 1 is 1.23 bits per heavy atom. The predicted octanol–water partition coefficient (Wildman–Crippen LogP) is -1.38. The molecular weight excluding hydrogens is 209 g/mol. The van der Waals surface area contributed by atoms with E-state index in [0.717, 1.165) is 12.1 Å². The summed E-state index contributed by atoms with van der Waals surface area (Å²) in [6, 6.07) is 6.38. The average molecular weight is 214 g/mol. The Bertz CT molecular complexity index is 292. The second kappa shape index (κ2) is 5.17. The summed E-state index contributed by atoms with van der Waals surface area (Å²) in [5, 5.41) is -3.79. The van der Waals surface area contributed by atoms with Crippen molar-refractivity contribution in [2.45, 2.75) is 5.25 Å². The number of hydrogen-bond acceptors (Lipinski definition) is 2. The SMILES string of the molecule is O=S([O-])C(F)(F)c1ccccc1.[Na+]. The van der Waals surface area contributed by atoms with E-state index in [0.29, 0.717) is 0 Å². The van der Waals surface area contributed by atoms with Crippen molar-refractivity contribution in [2.75, 3.05) is 0 Å². The van der Waals surface area contributed by atoms with E-state index < -0.39 is 21.9 Å². The van der Waals surface area contributed by atoms with Crippen LogP contribution < -0.4 is 29.6 Å². The van der Waals surface area contributed by atoms with Crippen molar-refractivity contribution >= 4 is 11.1 Å². The minimum Gasteiger partial charge on any atom is -0.768 e. The third-order valence-electron chi connectivity index (χ3n) is 1.32. The van der Waals surface area contributed by atoms with Crippen LogP contribution in [0.2, 0.25) is 0 Å². The summed E-state index contributed by atoms with van der Waals surface area (Å²) in [6.45, 7) is 0. The van der Waals surface area contributed by atoms with E-state index in [9.17, 15) is 17.5 Å². The maximum absolute atomic E-state index is 12.7. The molecular formula is C7H5F2NaO2S. The van der Waals surface area contributed by atoms with Crippen LogP contribution in [-0.2, 0) is 16.3 Å². The minimum absolute atomic E-state index is 0. The Morgan fingerprint density at radius 2 is 1.69 bits per heavy atom. The average Bonchev–Trinajstić information content (AvgIpc) is 2.06. The molecule has 13 heavy (non-hydrogen) atoms. The fourth-order valence-electron chi connectivity index (χ4n) is 0.728. The molecule has 0 heterocycles. The van der Waals surface area contributed by atoms with E-state index in [1.807, 2.05) is 0 Å². The third-order valence-corrected chi connectivity index (χ3v) is 1.97. The monoisotopic (exact) mass is 214 g/mol. The molecule has 0 saturated carbocycles. The van der Waals surface area contributed by atoms with Gasteiger partial charge in [-0.3, -0.25) is 4.21 Å². The topological polar surface area (TPSA) is 40.1 Å². The molecule has 0 bridgehead atoms. The van der Waals surface area contributed by atoms with Gasteiger partial charge in [0.15, 0.2) is 0 Å². The van der Waals surface area contributed by atoms with Crippen LogP contribution in [0.4, 0.5) is 8.78 Å². The Labute approximate surface area is 98.9 Å². The number of halogens is 2. The van der Waals surface area contributed by atoms with Gasteiger partial charge in [-0.1, -0.05) is 30.3 Å². The summed E-state index contributed by atoms with van der Waals surface area (Å²) < 4.78 is 45.5. The first-order valence-electron chi connectivity index (χ1n) is 3.08. The Kier molecular flexibility index (Phi) is 5.24. The van der Waals surface area contributed by atoms with E-state index in [1.54, 1.807) is 0 Å². The van der Waals surface area contributed by atoms with Crippen molar-refractivity contribution in [3.8, 4) is 0 Å². The molecule has 1 aromatic rings. The maximum Gasteiger partial charge on any atom is 1.00 e. The summed E-state index contributed by atoms with van der Waals surface area (Å²) in [6.07, 6.45) is 0. The molecule has 1 aromatic carbocycles. The van der Waals surface area contributed by atoms with Crippen LogP contribution in [0, 0.1) is 0 Å². The van der Waals surface area contributed by atoms with Crippen LogP contribution in [0.5, 0.6) is 0 Å². The Hall–Kier alpha value is 0.190. The van der Waals surface area contributed by atoms with Crippen LogP contribution >= 0.6 is 0 Å². The van der Waals surface area contributed by atoms with Crippen molar-refractivity contribution in [1.82, 2.24) is 0 Å². The molecule has 66 valence electrons. The van der Waals surface area contributed by atoms with Crippen LogP contribution in [-0.4, -0.2) is 8.76 Å². The van der Waals surface area contributed by atoms with Crippen molar-refractivity contribution in [1.29, 1.82) is 0 Å². The van der Waals surface area contributed by atoms with Crippen molar-refractivity contribution < 1.29 is 47.1 Å². The van der Waals surface area contributed by atoms with E-state index in [2.05, 4.69) is 0 Å². The van der Waals surface area contributed by atoms with E-state index in [1.165, 1.54) is 18.2 Å². The molecule has 2 nitrogen and oxygen atoms in total. The van der Waals surface area contributed by atoms with Gasteiger partial charge >= 0.3 is 34.8 Å². The molecule has 1 unspecified atom stereocenters. The molecule has 0 aromatic heterocycles. The predicted molar refractivity (Wildman–Crippen MR) is 39.3 cm³/mol. The largest absolute Gasteiger partial charge is 1.00 e. The van der Waals surface area contributed by atoms with Gasteiger partial charge < -0.3 is 4.55 Å². The molecule has 0 fully saturated rings. The minimum atomic E-state index is -3.79. The number of alkyl halides is 2. The molecule has 1 rings (SSSR count). The van der Waals surface area contributed by atoms with Gasteiger partial charge in [0.1, 0.15) is 0 Å². The second-order valence-corrected chi connectivity index (χ2v) is 3.10. The van der Waals surface area contributed by atoms with E-state index >= 15 is 0 Å². The maximum atomic E-state index is 12.7. The molecule has 0 amide bonds. The fraction of sp³-hybridized carbons (Fsp3) is 0.143. The summed E-state index contributed by atoms with van der Waals surface area (Å²) in [4.78, 5) is 0. The van der Waals surface area contributed by atoms with Gasteiger partial charge in [0.2, 0.25) is 0 Å². The zero-order valence-corrected chi connectivity index (χ0v) is 9.68. The summed E-state index contributed by atoms with van der Waals surface area (Å²) in [5.74, 6) is 0. The van der Waals surface area contributed by atoms with Gasteiger partial charge in [-0.15, -0.1) is 0 Å². The molecule has 0 spiro atoms. The molecule has 0 radical (unpaired) electrons. The van der Waals surface area contributed by atoms with Crippen molar-refractivity contribution in [3.05, 3.63) is 35.9 Å². The standard InChI is InChI=1S/C7H6F2O2S.Na/c8-7(9,12(10)11)6-4-2-1-3-5-6;/h1-5H,(H,10,11);/q;+1/p-1. The van der Waals surface area contributed by atoms with Gasteiger partial charge in [0, 0.05) is 16.6 Å². The zero-order chi connectivity index (χ0) is 9.19. The van der Waals surface area contributed by atoms with E-state index in [-0.39, 0.29) is 29.6 Å². The zero-order valence-electron chi connectivity index (χ0n) is 6.87. The molecule has 0 aliphatic rings. The molecule has 0 aliphatic heterocycles. The van der Waals surface area contributed by atoms with Gasteiger partial charge in [-0.25, -0.2) is 0 Å². The first kappa shape index (κ1) is 13.2. The van der Waals surface area contributed by atoms with Gasteiger partial charge in [-0.2, -0.15) is 8.78 Å². The normalized spacial score (nSPS) is 13.2. The Balaban J connectivity index is 0.00000144. The second-order valence-electron chi connectivity index (χ2n) is 2.12. The summed E-state index contributed by atoms with van der Waals surface area (Å²) >= 11 is -3.41. The molecule has 0 saturated heterocycles. The van der Waals surface area contributed by atoms with Crippen LogP contribution in [0.25, 0.3) is 0 Å². The number of rotatable bonds is 2. The van der Waals surface area contributed by atoms with Gasteiger partial charge in [0.05, 0.1) is 0 Å². The van der Waals surface area contributed by atoms with Gasteiger partial charge in [-0.05, 0) is 0 Å². The first-order valence-corrected chi connectivity index (χ1v) is 4.15. The van der Waals surface area contributed by atoms with E-state index in [4.69, 9.17) is 0 Å². The van der Waals surface area contributed by atoms with Crippen LogP contribution in [0.3, 0.4) is 0 Å². The molecule has 1 atom stereocenters. The van der Waals surface area contributed by atoms with Crippen LogP contribution in [0.15, 0.2) is 30.3 Å². The third kappa shape index (κ3) is 3.11. The Morgan fingerprint density at radius 3 is 2.08 bits per heavy atom. The molecule has 0 N–H and O–H groups in total. The van der Waals surface area contributed by atoms with Crippen LogP contribution in [0.1, 0.15) is 5.56 Å². The summed E-state index contributed by atoms with van der Waals surface area (Å²) in [7, 11) is 0. The van der Waals surface area contributed by atoms with Gasteiger partial charge in [0.25, 0.3) is 0 Å². The quantitative estimate of drug-likeness (QED) is 0.449. The van der Waals surface area contributed by atoms with Crippen molar-refractivity contribution in [3.63, 3.8) is 0 Å². The number of hydrogen-bond donors (Lipinski definition) is 0. The van der Waals surface area contributed by atoms with Crippen molar-refractivity contribution in [2.24, 2.45) is 0 Å². The number of benzene rings is 1. The smallest absolute Gasteiger partial charge is 0.768 e.